The highest BCUT2D eigenvalue weighted by molar-refractivity contribution is 6.31. The molecular weight excluding hydrogens is 186 g/mol. The van der Waals surface area contributed by atoms with Crippen molar-refractivity contribution in [2.24, 2.45) is 0 Å². The molecule has 0 amide bonds. The summed E-state index contributed by atoms with van der Waals surface area (Å²) in [5.74, 6) is 0. The largest absolute Gasteiger partial charge is 0.392 e. The van der Waals surface area contributed by atoms with Gasteiger partial charge in [0.15, 0.2) is 0 Å². The van der Waals surface area contributed by atoms with Gasteiger partial charge in [0, 0.05) is 24.3 Å². The van der Waals surface area contributed by atoms with Crippen molar-refractivity contribution in [2.45, 2.75) is 13.5 Å². The lowest BCUT2D eigenvalue weighted by molar-refractivity contribution is 0.282. The average molecular weight is 200 g/mol. The molecule has 1 aromatic carbocycles. The standard InChI is InChI=1S/C10H14ClNO/c1-3-12(2)9-5-4-8(7-13)10(11)6-9/h4-6,13H,3,7H2,1-2H3. The SMILES string of the molecule is CCN(C)c1ccc(CO)c(Cl)c1. The molecule has 1 N–H and O–H groups in total. The lowest BCUT2D eigenvalue weighted by Gasteiger charge is -2.17. The van der Waals surface area contributed by atoms with E-state index in [0.717, 1.165) is 17.8 Å². The van der Waals surface area contributed by atoms with Gasteiger partial charge in [-0.3, -0.25) is 0 Å². The lowest BCUT2D eigenvalue weighted by Crippen LogP contribution is -2.15. The number of rotatable bonds is 3. The van der Waals surface area contributed by atoms with Crippen molar-refractivity contribution in [3.63, 3.8) is 0 Å². The van der Waals surface area contributed by atoms with Crippen molar-refractivity contribution in [3.05, 3.63) is 28.8 Å². The number of aliphatic hydroxyl groups excluding tert-OH is 1. The fraction of sp³-hybridized carbons (Fsp3) is 0.400. The van der Waals surface area contributed by atoms with E-state index in [-0.39, 0.29) is 6.61 Å². The molecule has 0 fully saturated rings. The van der Waals surface area contributed by atoms with Crippen molar-refractivity contribution >= 4 is 17.3 Å². The number of aliphatic hydroxyl groups is 1. The summed E-state index contributed by atoms with van der Waals surface area (Å²) in [5, 5.41) is 9.53. The van der Waals surface area contributed by atoms with E-state index in [1.165, 1.54) is 0 Å². The molecule has 1 rings (SSSR count). The van der Waals surface area contributed by atoms with Crippen LogP contribution in [-0.2, 0) is 6.61 Å². The Morgan fingerprint density at radius 1 is 1.46 bits per heavy atom. The molecule has 0 bridgehead atoms. The molecule has 0 atom stereocenters. The zero-order valence-electron chi connectivity index (χ0n) is 7.92. The summed E-state index contributed by atoms with van der Waals surface area (Å²) >= 11 is 5.94. The molecule has 0 radical (unpaired) electrons. The third-order valence-corrected chi connectivity index (χ3v) is 2.47. The molecule has 0 aliphatic heterocycles. The van der Waals surface area contributed by atoms with Crippen LogP contribution in [0.15, 0.2) is 18.2 Å². The van der Waals surface area contributed by atoms with E-state index in [1.54, 1.807) is 0 Å². The minimum Gasteiger partial charge on any atom is -0.392 e. The Labute approximate surface area is 83.7 Å². The summed E-state index contributed by atoms with van der Waals surface area (Å²) in [6.07, 6.45) is 0. The summed E-state index contributed by atoms with van der Waals surface area (Å²) in [7, 11) is 2.00. The zero-order valence-corrected chi connectivity index (χ0v) is 8.67. The molecule has 0 spiro atoms. The highest BCUT2D eigenvalue weighted by atomic mass is 35.5. The van der Waals surface area contributed by atoms with Crippen LogP contribution in [0.1, 0.15) is 12.5 Å². The van der Waals surface area contributed by atoms with Crippen LogP contribution < -0.4 is 4.90 Å². The van der Waals surface area contributed by atoms with Gasteiger partial charge >= 0.3 is 0 Å². The molecule has 72 valence electrons. The van der Waals surface area contributed by atoms with Crippen molar-refractivity contribution in [2.75, 3.05) is 18.5 Å². The van der Waals surface area contributed by atoms with Gasteiger partial charge in [0.1, 0.15) is 0 Å². The van der Waals surface area contributed by atoms with E-state index in [0.29, 0.717) is 5.02 Å². The fourth-order valence-electron chi connectivity index (χ4n) is 1.08. The van der Waals surface area contributed by atoms with Crippen LogP contribution in [0, 0.1) is 0 Å². The van der Waals surface area contributed by atoms with Crippen LogP contribution in [-0.4, -0.2) is 18.7 Å². The number of anilines is 1. The van der Waals surface area contributed by atoms with Gasteiger partial charge in [0.05, 0.1) is 6.61 Å². The number of hydrogen-bond acceptors (Lipinski definition) is 2. The highest BCUT2D eigenvalue weighted by Gasteiger charge is 2.02. The van der Waals surface area contributed by atoms with Gasteiger partial charge in [-0.25, -0.2) is 0 Å². The molecule has 0 heterocycles. The Hall–Kier alpha value is -0.730. The molecule has 0 saturated heterocycles. The summed E-state index contributed by atoms with van der Waals surface area (Å²) in [4.78, 5) is 2.09. The van der Waals surface area contributed by atoms with Gasteiger partial charge in [0.2, 0.25) is 0 Å². The molecule has 0 aliphatic carbocycles. The second-order valence-electron chi connectivity index (χ2n) is 2.95. The summed E-state index contributed by atoms with van der Waals surface area (Å²) < 4.78 is 0. The van der Waals surface area contributed by atoms with Gasteiger partial charge in [-0.05, 0) is 24.6 Å². The normalized spacial score (nSPS) is 10.2. The number of halogens is 1. The van der Waals surface area contributed by atoms with Gasteiger partial charge in [-0.1, -0.05) is 17.7 Å². The zero-order chi connectivity index (χ0) is 9.84. The second-order valence-corrected chi connectivity index (χ2v) is 3.36. The Bertz CT molecular complexity index is 288. The maximum Gasteiger partial charge on any atom is 0.0696 e. The molecule has 0 saturated carbocycles. The van der Waals surface area contributed by atoms with Gasteiger partial charge < -0.3 is 10.0 Å². The van der Waals surface area contributed by atoms with E-state index in [2.05, 4.69) is 11.8 Å². The van der Waals surface area contributed by atoms with Crippen molar-refractivity contribution < 1.29 is 5.11 Å². The van der Waals surface area contributed by atoms with Crippen molar-refractivity contribution in [1.29, 1.82) is 0 Å². The van der Waals surface area contributed by atoms with Crippen LogP contribution in [0.3, 0.4) is 0 Å². The number of nitrogens with zero attached hydrogens (tertiary/aromatic N) is 1. The predicted octanol–water partition coefficient (Wildman–Crippen LogP) is 2.29. The van der Waals surface area contributed by atoms with Crippen molar-refractivity contribution in [3.8, 4) is 0 Å². The van der Waals surface area contributed by atoms with Crippen LogP contribution in [0.25, 0.3) is 0 Å². The molecule has 1 aromatic rings. The van der Waals surface area contributed by atoms with Gasteiger partial charge in [-0.15, -0.1) is 0 Å². The van der Waals surface area contributed by atoms with E-state index in [4.69, 9.17) is 16.7 Å². The summed E-state index contributed by atoms with van der Waals surface area (Å²) in [5.41, 5.74) is 1.85. The summed E-state index contributed by atoms with van der Waals surface area (Å²) in [6, 6.07) is 5.68. The van der Waals surface area contributed by atoms with Crippen LogP contribution in [0.5, 0.6) is 0 Å². The molecular formula is C10H14ClNO. The molecule has 13 heavy (non-hydrogen) atoms. The Balaban J connectivity index is 2.95. The average Bonchev–Trinajstić information content (AvgIpc) is 2.16. The minimum atomic E-state index is -0.00501. The fourth-order valence-corrected chi connectivity index (χ4v) is 1.32. The molecule has 3 heteroatoms. The summed E-state index contributed by atoms with van der Waals surface area (Å²) in [6.45, 7) is 3.01. The quantitative estimate of drug-likeness (QED) is 0.808. The minimum absolute atomic E-state index is 0.00501. The van der Waals surface area contributed by atoms with Crippen LogP contribution in [0.2, 0.25) is 5.02 Å². The predicted molar refractivity (Wildman–Crippen MR) is 56.3 cm³/mol. The Morgan fingerprint density at radius 3 is 2.62 bits per heavy atom. The van der Waals surface area contributed by atoms with E-state index < -0.39 is 0 Å². The first-order valence-corrected chi connectivity index (χ1v) is 4.67. The van der Waals surface area contributed by atoms with Gasteiger partial charge in [0.25, 0.3) is 0 Å². The highest BCUT2D eigenvalue weighted by Crippen LogP contribution is 2.22. The van der Waals surface area contributed by atoms with E-state index in [1.807, 2.05) is 25.2 Å². The second kappa shape index (κ2) is 4.49. The first-order chi connectivity index (χ1) is 6.19. The first-order valence-electron chi connectivity index (χ1n) is 4.29. The van der Waals surface area contributed by atoms with Crippen molar-refractivity contribution in [1.82, 2.24) is 0 Å². The third-order valence-electron chi connectivity index (χ3n) is 2.12. The van der Waals surface area contributed by atoms with Gasteiger partial charge in [-0.2, -0.15) is 0 Å². The van der Waals surface area contributed by atoms with Crippen LogP contribution in [0.4, 0.5) is 5.69 Å². The molecule has 0 aliphatic rings. The topological polar surface area (TPSA) is 23.5 Å². The number of hydrogen-bond donors (Lipinski definition) is 1. The molecule has 2 nitrogen and oxygen atoms in total. The molecule has 0 unspecified atom stereocenters. The smallest absolute Gasteiger partial charge is 0.0696 e. The number of benzene rings is 1. The lowest BCUT2D eigenvalue weighted by atomic mass is 10.2. The van der Waals surface area contributed by atoms with E-state index >= 15 is 0 Å². The maximum absolute atomic E-state index is 8.91. The third kappa shape index (κ3) is 2.36. The Kier molecular flexibility index (Phi) is 3.58. The Morgan fingerprint density at radius 2 is 2.15 bits per heavy atom. The molecule has 0 aromatic heterocycles. The monoisotopic (exact) mass is 199 g/mol. The van der Waals surface area contributed by atoms with E-state index in [9.17, 15) is 0 Å². The first kappa shape index (κ1) is 10.4. The van der Waals surface area contributed by atoms with Crippen LogP contribution >= 0.6 is 11.6 Å². The maximum atomic E-state index is 8.91.